The predicted octanol–water partition coefficient (Wildman–Crippen LogP) is 3.12. The van der Waals surface area contributed by atoms with Gasteiger partial charge in [-0.05, 0) is 51.3 Å². The second kappa shape index (κ2) is 5.53. The number of fused-ring (bicyclic) bond motifs is 1. The Morgan fingerprint density at radius 3 is 2.95 bits per heavy atom. The number of rotatable bonds is 2. The van der Waals surface area contributed by atoms with Crippen LogP contribution in [0.15, 0.2) is 28.7 Å². The van der Waals surface area contributed by atoms with Crippen LogP contribution >= 0.6 is 0 Å². The zero-order chi connectivity index (χ0) is 15.0. The molecule has 1 saturated heterocycles. The highest BCUT2D eigenvalue weighted by Gasteiger charge is 2.32. The van der Waals surface area contributed by atoms with Crippen LogP contribution in [0.4, 0.5) is 0 Å². The van der Waals surface area contributed by atoms with Crippen LogP contribution < -0.4 is 0 Å². The van der Waals surface area contributed by atoms with Gasteiger partial charge < -0.3 is 14.4 Å². The first-order valence-electron chi connectivity index (χ1n) is 7.55. The molecule has 2 atom stereocenters. The monoisotopic (exact) mass is 287 g/mol. The Morgan fingerprint density at radius 2 is 2.19 bits per heavy atom. The smallest absolute Gasteiger partial charge is 0.289 e. The molecular weight excluding hydrogens is 266 g/mol. The van der Waals surface area contributed by atoms with Crippen molar-refractivity contribution < 1.29 is 14.3 Å². The molecule has 1 N–H and O–H groups in total. The molecule has 0 aliphatic carbocycles. The highest BCUT2D eigenvalue weighted by molar-refractivity contribution is 5.96. The standard InChI is InChI=1S/C17H21NO3/c1-11-6-7-15-13(9-11)10-16(21-15)17(20)18-8-4-3-5-14(18)12(2)19/h6-7,9-10,12,14,19H,3-5,8H2,1-2H3. The summed E-state index contributed by atoms with van der Waals surface area (Å²) in [5.74, 6) is 0.248. The molecule has 2 unspecified atom stereocenters. The summed E-state index contributed by atoms with van der Waals surface area (Å²) in [5, 5.41) is 10.8. The van der Waals surface area contributed by atoms with Gasteiger partial charge in [-0.25, -0.2) is 0 Å². The van der Waals surface area contributed by atoms with Crippen LogP contribution in [-0.4, -0.2) is 34.6 Å². The zero-order valence-electron chi connectivity index (χ0n) is 12.5. The van der Waals surface area contributed by atoms with Gasteiger partial charge in [-0.3, -0.25) is 4.79 Å². The molecule has 1 aromatic carbocycles. The Balaban J connectivity index is 1.91. The number of benzene rings is 1. The molecule has 4 heteroatoms. The number of aliphatic hydroxyl groups excluding tert-OH is 1. The van der Waals surface area contributed by atoms with Crippen LogP contribution in [0.3, 0.4) is 0 Å². The maximum atomic E-state index is 12.7. The van der Waals surface area contributed by atoms with Crippen LogP contribution in [0.1, 0.15) is 42.3 Å². The molecule has 112 valence electrons. The van der Waals surface area contributed by atoms with Gasteiger partial charge in [0.25, 0.3) is 5.91 Å². The summed E-state index contributed by atoms with van der Waals surface area (Å²) >= 11 is 0. The van der Waals surface area contributed by atoms with Gasteiger partial charge in [0.1, 0.15) is 5.58 Å². The second-order valence-electron chi connectivity index (χ2n) is 5.95. The van der Waals surface area contributed by atoms with E-state index >= 15 is 0 Å². The van der Waals surface area contributed by atoms with Gasteiger partial charge in [-0.2, -0.15) is 0 Å². The van der Waals surface area contributed by atoms with Crippen molar-refractivity contribution in [1.29, 1.82) is 0 Å². The Hall–Kier alpha value is -1.81. The summed E-state index contributed by atoms with van der Waals surface area (Å²) in [6.07, 6.45) is 2.37. The van der Waals surface area contributed by atoms with Gasteiger partial charge >= 0.3 is 0 Å². The van der Waals surface area contributed by atoms with E-state index in [1.54, 1.807) is 17.9 Å². The molecule has 1 aliphatic rings. The fourth-order valence-corrected chi connectivity index (χ4v) is 3.12. The molecule has 0 spiro atoms. The fraction of sp³-hybridized carbons (Fsp3) is 0.471. The highest BCUT2D eigenvalue weighted by atomic mass is 16.3. The predicted molar refractivity (Wildman–Crippen MR) is 81.3 cm³/mol. The van der Waals surface area contributed by atoms with Crippen molar-refractivity contribution in [3.8, 4) is 0 Å². The number of aliphatic hydroxyl groups is 1. The second-order valence-corrected chi connectivity index (χ2v) is 5.95. The van der Waals surface area contributed by atoms with E-state index in [1.807, 2.05) is 25.1 Å². The summed E-state index contributed by atoms with van der Waals surface area (Å²) in [5.41, 5.74) is 1.87. The molecule has 1 amide bonds. The van der Waals surface area contributed by atoms with E-state index in [-0.39, 0.29) is 11.9 Å². The molecular formula is C17H21NO3. The van der Waals surface area contributed by atoms with E-state index < -0.39 is 6.10 Å². The average molecular weight is 287 g/mol. The van der Waals surface area contributed by atoms with Crippen LogP contribution in [0, 0.1) is 6.92 Å². The first kappa shape index (κ1) is 14.1. The lowest BCUT2D eigenvalue weighted by atomic mass is 9.98. The van der Waals surface area contributed by atoms with Crippen molar-refractivity contribution in [3.05, 3.63) is 35.6 Å². The lowest BCUT2D eigenvalue weighted by Crippen LogP contribution is -2.48. The number of piperidine rings is 1. The van der Waals surface area contributed by atoms with Crippen LogP contribution in [0.2, 0.25) is 0 Å². The summed E-state index contributed by atoms with van der Waals surface area (Å²) in [6, 6.07) is 7.57. The lowest BCUT2D eigenvalue weighted by molar-refractivity contribution is 0.0259. The van der Waals surface area contributed by atoms with Crippen LogP contribution in [-0.2, 0) is 0 Å². The van der Waals surface area contributed by atoms with Gasteiger partial charge in [-0.15, -0.1) is 0 Å². The van der Waals surface area contributed by atoms with Crippen LogP contribution in [0.5, 0.6) is 0 Å². The topological polar surface area (TPSA) is 53.7 Å². The fourth-order valence-electron chi connectivity index (χ4n) is 3.12. The molecule has 1 aromatic heterocycles. The maximum absolute atomic E-state index is 12.7. The van der Waals surface area contributed by atoms with Gasteiger partial charge in [-0.1, -0.05) is 11.6 Å². The largest absolute Gasteiger partial charge is 0.451 e. The number of hydrogen-bond acceptors (Lipinski definition) is 3. The molecule has 0 radical (unpaired) electrons. The van der Waals surface area contributed by atoms with Gasteiger partial charge in [0.2, 0.25) is 0 Å². The number of nitrogens with zero attached hydrogens (tertiary/aromatic N) is 1. The molecule has 0 saturated carbocycles. The van der Waals surface area contributed by atoms with E-state index in [9.17, 15) is 9.90 Å². The molecule has 0 bridgehead atoms. The molecule has 1 aliphatic heterocycles. The Kier molecular flexibility index (Phi) is 3.72. The molecule has 2 aromatic rings. The number of carbonyl (C=O) groups is 1. The average Bonchev–Trinajstić information content (AvgIpc) is 2.89. The first-order chi connectivity index (χ1) is 10.1. The van der Waals surface area contributed by atoms with E-state index in [2.05, 4.69) is 0 Å². The zero-order valence-corrected chi connectivity index (χ0v) is 12.5. The summed E-state index contributed by atoms with van der Waals surface area (Å²) < 4.78 is 5.69. The minimum Gasteiger partial charge on any atom is -0.451 e. The van der Waals surface area contributed by atoms with E-state index in [1.165, 1.54) is 0 Å². The van der Waals surface area contributed by atoms with Crippen molar-refractivity contribution in [1.82, 2.24) is 4.90 Å². The third-order valence-corrected chi connectivity index (χ3v) is 4.25. The lowest BCUT2D eigenvalue weighted by Gasteiger charge is -2.36. The Morgan fingerprint density at radius 1 is 1.38 bits per heavy atom. The van der Waals surface area contributed by atoms with Crippen molar-refractivity contribution in [2.45, 2.75) is 45.3 Å². The third-order valence-electron chi connectivity index (χ3n) is 4.25. The first-order valence-corrected chi connectivity index (χ1v) is 7.55. The summed E-state index contributed by atoms with van der Waals surface area (Å²) in [6.45, 7) is 4.45. The number of furan rings is 1. The Bertz CT molecular complexity index is 659. The van der Waals surface area contributed by atoms with Gasteiger partial charge in [0.15, 0.2) is 5.76 Å². The quantitative estimate of drug-likeness (QED) is 0.923. The maximum Gasteiger partial charge on any atom is 0.289 e. The van der Waals surface area contributed by atoms with E-state index in [0.717, 1.165) is 35.8 Å². The SMILES string of the molecule is Cc1ccc2oc(C(=O)N3CCCCC3C(C)O)cc2c1. The number of amides is 1. The number of aryl methyl sites for hydroxylation is 1. The molecule has 21 heavy (non-hydrogen) atoms. The minimum atomic E-state index is -0.513. The summed E-state index contributed by atoms with van der Waals surface area (Å²) in [7, 11) is 0. The molecule has 4 nitrogen and oxygen atoms in total. The van der Waals surface area contributed by atoms with E-state index in [4.69, 9.17) is 4.42 Å². The minimum absolute atomic E-state index is 0.110. The number of carbonyl (C=O) groups excluding carboxylic acids is 1. The molecule has 2 heterocycles. The summed E-state index contributed by atoms with van der Waals surface area (Å²) in [4.78, 5) is 14.5. The van der Waals surface area contributed by atoms with Gasteiger partial charge in [0, 0.05) is 11.9 Å². The Labute approximate surface area is 124 Å². The normalized spacial score (nSPS) is 20.7. The highest BCUT2D eigenvalue weighted by Crippen LogP contribution is 2.26. The van der Waals surface area contributed by atoms with Crippen molar-refractivity contribution >= 4 is 16.9 Å². The van der Waals surface area contributed by atoms with Crippen molar-refractivity contribution in [2.24, 2.45) is 0 Å². The third kappa shape index (κ3) is 2.68. The van der Waals surface area contributed by atoms with E-state index in [0.29, 0.717) is 12.3 Å². The van der Waals surface area contributed by atoms with Crippen molar-refractivity contribution in [3.63, 3.8) is 0 Å². The van der Waals surface area contributed by atoms with Crippen LogP contribution in [0.25, 0.3) is 11.0 Å². The molecule has 3 rings (SSSR count). The van der Waals surface area contributed by atoms with Gasteiger partial charge in [0.05, 0.1) is 12.1 Å². The molecule has 1 fully saturated rings. The number of likely N-dealkylation sites (tertiary alicyclic amines) is 1. The van der Waals surface area contributed by atoms with Crippen molar-refractivity contribution in [2.75, 3.05) is 6.54 Å². The number of hydrogen-bond donors (Lipinski definition) is 1.